The maximum Gasteiger partial charge on any atom is 0.319 e. The molecule has 0 aliphatic carbocycles. The zero-order valence-electron chi connectivity index (χ0n) is 13.2. The zero-order valence-corrected chi connectivity index (χ0v) is 13.2. The fraction of sp³-hybridized carbons (Fsp3) is 0.167. The largest absolute Gasteiger partial charge is 0.481 e. The summed E-state index contributed by atoms with van der Waals surface area (Å²) in [5.41, 5.74) is 0.498. The summed E-state index contributed by atoms with van der Waals surface area (Å²) < 4.78 is 28.7. The van der Waals surface area contributed by atoms with E-state index in [1.165, 1.54) is 24.3 Å². The molecule has 1 aliphatic heterocycles. The van der Waals surface area contributed by atoms with Crippen molar-refractivity contribution >= 4 is 11.7 Å². The number of rotatable bonds is 4. The molecule has 1 aliphatic rings. The van der Waals surface area contributed by atoms with Gasteiger partial charge in [-0.2, -0.15) is 0 Å². The Hall–Kier alpha value is -3.40. The van der Waals surface area contributed by atoms with Crippen LogP contribution in [0.25, 0.3) is 0 Å². The summed E-state index contributed by atoms with van der Waals surface area (Å²) in [6.45, 7) is 0.558. The Morgan fingerprint density at radius 3 is 2.76 bits per heavy atom. The highest BCUT2D eigenvalue weighted by molar-refractivity contribution is 5.89. The van der Waals surface area contributed by atoms with Gasteiger partial charge in [0, 0.05) is 11.8 Å². The maximum atomic E-state index is 12.8. The first-order valence-electron chi connectivity index (χ1n) is 7.49. The number of fused-ring (bicyclic) bond motifs is 1. The average molecular weight is 342 g/mol. The second kappa shape index (κ2) is 7.93. The third-order valence-electron chi connectivity index (χ3n) is 3.22. The molecule has 0 radical (unpaired) electrons. The molecular weight excluding hydrogens is 327 g/mol. The number of urea groups is 1. The first-order chi connectivity index (χ1) is 12.2. The van der Waals surface area contributed by atoms with Gasteiger partial charge in [0.1, 0.15) is 18.2 Å². The van der Waals surface area contributed by atoms with Crippen LogP contribution >= 0.6 is 0 Å². The first-order valence-corrected chi connectivity index (χ1v) is 7.49. The van der Waals surface area contributed by atoms with Crippen LogP contribution in [0.5, 0.6) is 17.2 Å². The Labute approximate surface area is 143 Å². The molecule has 3 rings (SSSR count). The van der Waals surface area contributed by atoms with Crippen LogP contribution in [0.15, 0.2) is 42.5 Å². The highest BCUT2D eigenvalue weighted by atomic mass is 19.1. The number of carbonyl (C=O) groups is 1. The number of amides is 2. The molecule has 2 N–H and O–H groups in total. The first kappa shape index (κ1) is 16.5. The van der Waals surface area contributed by atoms with Crippen molar-refractivity contribution in [1.82, 2.24) is 5.32 Å². The van der Waals surface area contributed by atoms with Crippen molar-refractivity contribution in [2.24, 2.45) is 0 Å². The van der Waals surface area contributed by atoms with Gasteiger partial charge < -0.3 is 24.8 Å². The lowest BCUT2D eigenvalue weighted by molar-refractivity contribution is 0.174. The van der Waals surface area contributed by atoms with Crippen molar-refractivity contribution < 1.29 is 23.4 Å². The molecule has 1 heterocycles. The predicted octanol–water partition coefficient (Wildman–Crippen LogP) is 2.76. The van der Waals surface area contributed by atoms with Crippen molar-refractivity contribution in [1.29, 1.82) is 0 Å². The molecule has 2 aromatic rings. The lowest BCUT2D eigenvalue weighted by Gasteiger charge is -2.05. The van der Waals surface area contributed by atoms with E-state index in [2.05, 4.69) is 22.5 Å². The minimum Gasteiger partial charge on any atom is -0.481 e. The van der Waals surface area contributed by atoms with Crippen LogP contribution in [0.4, 0.5) is 14.9 Å². The summed E-state index contributed by atoms with van der Waals surface area (Å²) in [6, 6.07) is 10.3. The number of anilines is 1. The molecule has 0 saturated heterocycles. The summed E-state index contributed by atoms with van der Waals surface area (Å²) in [6.07, 6.45) is 0. The maximum absolute atomic E-state index is 12.8. The second-order valence-electron chi connectivity index (χ2n) is 4.97. The fourth-order valence-corrected chi connectivity index (χ4v) is 2.03. The molecule has 6 nitrogen and oxygen atoms in total. The van der Waals surface area contributed by atoms with Gasteiger partial charge in [-0.05, 0) is 36.4 Å². The van der Waals surface area contributed by atoms with Crippen molar-refractivity contribution in [3.8, 4) is 29.1 Å². The minimum atomic E-state index is -0.419. The molecule has 0 fully saturated rings. The van der Waals surface area contributed by atoms with Gasteiger partial charge in [-0.25, -0.2) is 9.18 Å². The predicted molar refractivity (Wildman–Crippen MR) is 89.3 cm³/mol. The number of benzene rings is 2. The standard InChI is InChI=1S/C18H15FN2O4/c19-13-3-5-14(6-4-13)21-18(22)20-9-1-2-10-23-15-7-8-16-17(11-15)25-12-24-16/h3-8,11H,9-10,12H2,(H2,20,21,22). The van der Waals surface area contributed by atoms with Crippen LogP contribution in [0.2, 0.25) is 0 Å². The fourth-order valence-electron chi connectivity index (χ4n) is 2.03. The Bertz CT molecular complexity index is 812. The monoisotopic (exact) mass is 342 g/mol. The van der Waals surface area contributed by atoms with Crippen LogP contribution < -0.4 is 24.8 Å². The van der Waals surface area contributed by atoms with Gasteiger partial charge >= 0.3 is 6.03 Å². The highest BCUT2D eigenvalue weighted by Crippen LogP contribution is 2.34. The van der Waals surface area contributed by atoms with Crippen molar-refractivity contribution in [3.05, 3.63) is 48.3 Å². The molecule has 0 bridgehead atoms. The SMILES string of the molecule is O=C(NCC#CCOc1ccc2c(c1)OCO2)Nc1ccc(F)cc1. The summed E-state index contributed by atoms with van der Waals surface area (Å²) in [5, 5.41) is 5.14. The van der Waals surface area contributed by atoms with Gasteiger partial charge in [0.15, 0.2) is 11.5 Å². The van der Waals surface area contributed by atoms with Crippen LogP contribution in [0.1, 0.15) is 0 Å². The molecule has 25 heavy (non-hydrogen) atoms. The lowest BCUT2D eigenvalue weighted by Crippen LogP contribution is -2.28. The Morgan fingerprint density at radius 2 is 1.92 bits per heavy atom. The number of nitrogens with one attached hydrogen (secondary N) is 2. The van der Waals surface area contributed by atoms with Crippen molar-refractivity contribution in [2.45, 2.75) is 0 Å². The molecule has 2 aromatic carbocycles. The lowest BCUT2D eigenvalue weighted by atomic mass is 10.3. The summed E-state index contributed by atoms with van der Waals surface area (Å²) in [5.74, 6) is 7.16. The van der Waals surface area contributed by atoms with Crippen molar-refractivity contribution in [3.63, 3.8) is 0 Å². The summed E-state index contributed by atoms with van der Waals surface area (Å²) in [4.78, 5) is 11.6. The highest BCUT2D eigenvalue weighted by Gasteiger charge is 2.13. The summed E-state index contributed by atoms with van der Waals surface area (Å²) in [7, 11) is 0. The van der Waals surface area contributed by atoms with Gasteiger partial charge in [0.25, 0.3) is 0 Å². The van der Waals surface area contributed by atoms with Crippen molar-refractivity contribution in [2.75, 3.05) is 25.3 Å². The van der Waals surface area contributed by atoms with Crippen LogP contribution in [0.3, 0.4) is 0 Å². The second-order valence-corrected chi connectivity index (χ2v) is 4.97. The molecule has 0 aromatic heterocycles. The summed E-state index contributed by atoms with van der Waals surface area (Å²) >= 11 is 0. The Kier molecular flexibility index (Phi) is 5.22. The van der Waals surface area contributed by atoms with Gasteiger partial charge in [0.05, 0.1) is 6.54 Å². The van der Waals surface area contributed by atoms with E-state index < -0.39 is 6.03 Å². The molecule has 0 unspecified atom stereocenters. The number of hydrogen-bond donors (Lipinski definition) is 2. The average Bonchev–Trinajstić information content (AvgIpc) is 3.08. The third kappa shape index (κ3) is 4.78. The molecular formula is C18H15FN2O4. The number of halogens is 1. The topological polar surface area (TPSA) is 68.8 Å². The van der Waals surface area contributed by atoms with E-state index >= 15 is 0 Å². The van der Waals surface area contributed by atoms with E-state index in [4.69, 9.17) is 14.2 Å². The van der Waals surface area contributed by atoms with Gasteiger partial charge in [0.2, 0.25) is 6.79 Å². The van der Waals surface area contributed by atoms with E-state index in [1.54, 1.807) is 18.2 Å². The van der Waals surface area contributed by atoms with Crippen LogP contribution in [-0.2, 0) is 0 Å². The van der Waals surface area contributed by atoms with Gasteiger partial charge in [-0.1, -0.05) is 11.8 Å². The molecule has 0 saturated carbocycles. The normalized spacial score (nSPS) is 11.2. The van der Waals surface area contributed by atoms with E-state index in [0.717, 1.165) is 0 Å². The minimum absolute atomic E-state index is 0.164. The quantitative estimate of drug-likeness (QED) is 0.839. The smallest absolute Gasteiger partial charge is 0.319 e. The third-order valence-corrected chi connectivity index (χ3v) is 3.22. The number of ether oxygens (including phenoxy) is 3. The van der Waals surface area contributed by atoms with Crippen LogP contribution in [0, 0.1) is 17.7 Å². The van der Waals surface area contributed by atoms with E-state index in [9.17, 15) is 9.18 Å². The zero-order chi connectivity index (χ0) is 17.5. The Balaban J connectivity index is 1.36. The van der Waals surface area contributed by atoms with E-state index in [0.29, 0.717) is 22.9 Å². The number of hydrogen-bond acceptors (Lipinski definition) is 4. The molecule has 128 valence electrons. The van der Waals surface area contributed by atoms with E-state index in [1.807, 2.05) is 0 Å². The van der Waals surface area contributed by atoms with Gasteiger partial charge in [-0.3, -0.25) is 0 Å². The van der Waals surface area contributed by atoms with Gasteiger partial charge in [-0.15, -0.1) is 0 Å². The molecule has 0 atom stereocenters. The molecule has 7 heteroatoms. The van der Waals surface area contributed by atoms with Crippen LogP contribution in [-0.4, -0.2) is 26.0 Å². The molecule has 2 amide bonds. The Morgan fingerprint density at radius 1 is 1.12 bits per heavy atom. The van der Waals surface area contributed by atoms with E-state index in [-0.39, 0.29) is 25.8 Å². The number of carbonyl (C=O) groups excluding carboxylic acids is 1. The molecule has 0 spiro atoms.